The molecule has 3 N–H and O–H groups in total. The number of nitrogens with two attached hydrogens (primary N) is 1. The summed E-state index contributed by atoms with van der Waals surface area (Å²) in [5, 5.41) is 1.60. The van der Waals surface area contributed by atoms with Crippen molar-refractivity contribution in [3.05, 3.63) is 7.05 Å². The maximum Gasteiger partial charge on any atom is 0.214 e. The first-order chi connectivity index (χ1) is 5.17. The summed E-state index contributed by atoms with van der Waals surface area (Å²) in [4.78, 5) is 0. The molecule has 0 saturated heterocycles. The minimum absolute atomic E-state index is 0.104. The second kappa shape index (κ2) is 3.51. The van der Waals surface area contributed by atoms with Gasteiger partial charge in [-0.1, -0.05) is 0 Å². The van der Waals surface area contributed by atoms with Crippen molar-refractivity contribution in [3.8, 4) is 0 Å². The van der Waals surface area contributed by atoms with E-state index in [0.29, 0.717) is 13.1 Å². The van der Waals surface area contributed by atoms with Crippen LogP contribution in [0.15, 0.2) is 0 Å². The Morgan fingerprint density at radius 3 is 2.64 bits per heavy atom. The molecule has 0 radical (unpaired) electrons. The first kappa shape index (κ1) is 8.96. The maximum absolute atomic E-state index is 11.1. The molecule has 0 spiro atoms. The van der Waals surface area contributed by atoms with Crippen molar-refractivity contribution in [2.45, 2.75) is 18.1 Å². The number of hydrogen-bond acceptors (Lipinski definition) is 2. The summed E-state index contributed by atoms with van der Waals surface area (Å²) in [6.07, 6.45) is 1.65. The number of nitrogens with one attached hydrogen (secondary N) is 1. The van der Waals surface area contributed by atoms with Crippen molar-refractivity contribution in [2.24, 2.45) is 0 Å². The molecular weight excluding hydrogens is 164 g/mol. The third-order valence-corrected chi connectivity index (χ3v) is 3.57. The zero-order valence-corrected chi connectivity index (χ0v) is 7.23. The van der Waals surface area contributed by atoms with E-state index in [-0.39, 0.29) is 5.25 Å². The molecule has 0 aliphatic heterocycles. The van der Waals surface area contributed by atoms with Crippen molar-refractivity contribution in [1.29, 1.82) is 0 Å². The summed E-state index contributed by atoms with van der Waals surface area (Å²) in [6.45, 7) is 1.19. The highest BCUT2D eigenvalue weighted by Gasteiger charge is 2.35. The van der Waals surface area contributed by atoms with Gasteiger partial charge in [-0.3, -0.25) is 0 Å². The lowest BCUT2D eigenvalue weighted by molar-refractivity contribution is -0.593. The summed E-state index contributed by atoms with van der Waals surface area (Å²) in [6, 6.07) is 0. The fourth-order valence-electron chi connectivity index (χ4n) is 0.799. The van der Waals surface area contributed by atoms with E-state index < -0.39 is 10.0 Å². The summed E-state index contributed by atoms with van der Waals surface area (Å²) in [5.74, 6) is 0. The van der Waals surface area contributed by atoms with Crippen LogP contribution < -0.4 is 10.0 Å². The van der Waals surface area contributed by atoms with Crippen LogP contribution in [0, 0.1) is 7.05 Å². The van der Waals surface area contributed by atoms with Gasteiger partial charge < -0.3 is 5.32 Å². The van der Waals surface area contributed by atoms with Crippen LogP contribution in [0.25, 0.3) is 0 Å². The first-order valence-corrected chi connectivity index (χ1v) is 5.31. The second-order valence-electron chi connectivity index (χ2n) is 2.72. The van der Waals surface area contributed by atoms with E-state index in [9.17, 15) is 8.42 Å². The van der Waals surface area contributed by atoms with Gasteiger partial charge in [0.25, 0.3) is 0 Å². The molecule has 4 nitrogen and oxygen atoms in total. The molecule has 0 amide bonds. The van der Waals surface area contributed by atoms with Gasteiger partial charge in [0.05, 0.1) is 18.3 Å². The average Bonchev–Trinajstić information content (AvgIpc) is 2.68. The van der Waals surface area contributed by atoms with Crippen LogP contribution in [0.3, 0.4) is 0 Å². The monoisotopic (exact) mass is 178 g/mol. The highest BCUT2D eigenvalue weighted by Crippen LogP contribution is 2.26. The Bertz CT molecular complexity index is 209. The van der Waals surface area contributed by atoms with E-state index in [1.165, 1.54) is 0 Å². The summed E-state index contributed by atoms with van der Waals surface area (Å²) >= 11 is 0. The lowest BCUT2D eigenvalue weighted by Gasteiger charge is -2.03. The molecule has 1 aliphatic rings. The van der Waals surface area contributed by atoms with E-state index in [1.54, 1.807) is 5.32 Å². The molecule has 1 aliphatic carbocycles. The highest BCUT2D eigenvalue weighted by molar-refractivity contribution is 7.90. The minimum Gasteiger partial charge on any atom is -0.478 e. The largest absolute Gasteiger partial charge is 0.478 e. The van der Waals surface area contributed by atoms with Gasteiger partial charge in [-0.05, 0) is 12.8 Å². The number of rotatable bonds is 5. The van der Waals surface area contributed by atoms with E-state index >= 15 is 0 Å². The van der Waals surface area contributed by atoms with Gasteiger partial charge in [0, 0.05) is 0 Å². The Morgan fingerprint density at radius 1 is 1.55 bits per heavy atom. The molecule has 1 rings (SSSR count). The molecule has 1 fully saturated rings. The van der Waals surface area contributed by atoms with Crippen LogP contribution in [0.5, 0.6) is 0 Å². The van der Waals surface area contributed by atoms with E-state index in [0.717, 1.165) is 12.8 Å². The molecule has 0 atom stereocenters. The predicted octanol–water partition coefficient (Wildman–Crippen LogP) is -1.58. The van der Waals surface area contributed by atoms with Crippen molar-refractivity contribution in [1.82, 2.24) is 4.72 Å². The van der Waals surface area contributed by atoms with Crippen LogP contribution >= 0.6 is 0 Å². The van der Waals surface area contributed by atoms with Gasteiger partial charge >= 0.3 is 0 Å². The van der Waals surface area contributed by atoms with Gasteiger partial charge in [0.15, 0.2) is 0 Å². The molecule has 5 heteroatoms. The van der Waals surface area contributed by atoms with E-state index in [1.807, 2.05) is 0 Å². The first-order valence-electron chi connectivity index (χ1n) is 3.76. The molecule has 1 saturated carbocycles. The smallest absolute Gasteiger partial charge is 0.214 e. The SMILES string of the molecule is [CH2-][NH2+]CCNS(=O)(=O)C1CC1. The van der Waals surface area contributed by atoms with Crippen LogP contribution in [-0.2, 0) is 10.0 Å². The van der Waals surface area contributed by atoms with Crippen LogP contribution in [0.2, 0.25) is 0 Å². The molecule has 0 bridgehead atoms. The standard InChI is InChI=1S/C6H14N2O2S/c1-7-4-5-8-11(9,10)6-2-3-6/h6,8H,1-5,7H2. The van der Waals surface area contributed by atoms with Gasteiger partial charge in [-0.15, -0.1) is 0 Å². The second-order valence-corrected chi connectivity index (χ2v) is 4.76. The average molecular weight is 178 g/mol. The zero-order valence-electron chi connectivity index (χ0n) is 6.41. The summed E-state index contributed by atoms with van der Waals surface area (Å²) < 4.78 is 24.8. The normalized spacial score (nSPS) is 18.6. The molecule has 66 valence electrons. The van der Waals surface area contributed by atoms with Gasteiger partial charge in [0.2, 0.25) is 10.0 Å². The van der Waals surface area contributed by atoms with Crippen LogP contribution in [0.1, 0.15) is 12.8 Å². The van der Waals surface area contributed by atoms with Gasteiger partial charge in [-0.25, -0.2) is 13.1 Å². The summed E-state index contributed by atoms with van der Waals surface area (Å²) in [5.41, 5.74) is 0. The molecule has 0 aromatic rings. The number of quaternary nitrogens is 1. The van der Waals surface area contributed by atoms with Crippen molar-refractivity contribution >= 4 is 10.0 Å². The minimum atomic E-state index is -2.96. The van der Waals surface area contributed by atoms with Crippen molar-refractivity contribution in [2.75, 3.05) is 13.1 Å². The fraction of sp³-hybridized carbons (Fsp3) is 0.833. The molecule has 0 unspecified atom stereocenters. The Kier molecular flexibility index (Phi) is 2.86. The molecular formula is C6H14N2O2S. The third-order valence-electron chi connectivity index (χ3n) is 1.61. The maximum atomic E-state index is 11.1. The summed E-state index contributed by atoms with van der Waals surface area (Å²) in [7, 11) is 0.549. The quantitative estimate of drug-likeness (QED) is 0.394. The molecule has 0 aromatic carbocycles. The highest BCUT2D eigenvalue weighted by atomic mass is 32.2. The van der Waals surface area contributed by atoms with Crippen molar-refractivity contribution < 1.29 is 13.7 Å². The van der Waals surface area contributed by atoms with Gasteiger partial charge in [-0.2, -0.15) is 7.05 Å². The zero-order chi connectivity index (χ0) is 8.32. The van der Waals surface area contributed by atoms with Crippen molar-refractivity contribution in [3.63, 3.8) is 0 Å². The van der Waals surface area contributed by atoms with E-state index in [4.69, 9.17) is 0 Å². The molecule has 0 aromatic heterocycles. The molecule has 0 heterocycles. The third kappa shape index (κ3) is 2.76. The van der Waals surface area contributed by atoms with Crippen LogP contribution in [-0.4, -0.2) is 26.8 Å². The lowest BCUT2D eigenvalue weighted by Crippen LogP contribution is -2.78. The number of hydrogen-bond donors (Lipinski definition) is 2. The van der Waals surface area contributed by atoms with Crippen LogP contribution in [0.4, 0.5) is 0 Å². The Morgan fingerprint density at radius 2 is 2.18 bits per heavy atom. The Hall–Kier alpha value is -0.130. The Labute approximate surface area is 67.4 Å². The fourth-order valence-corrected chi connectivity index (χ4v) is 2.19. The molecule has 11 heavy (non-hydrogen) atoms. The number of sulfonamides is 1. The Balaban J connectivity index is 2.23. The topological polar surface area (TPSA) is 62.8 Å². The predicted molar refractivity (Wildman–Crippen MR) is 42.1 cm³/mol. The lowest BCUT2D eigenvalue weighted by atomic mass is 10.7. The van der Waals surface area contributed by atoms with Gasteiger partial charge in [0.1, 0.15) is 0 Å². The van der Waals surface area contributed by atoms with E-state index in [2.05, 4.69) is 11.8 Å².